The SMILES string of the molecule is C=CCn1c(=O)nc(-c2ccccc2)c2cc([N+](=O)[O-])ccc21. The van der Waals surface area contributed by atoms with Crippen LogP contribution < -0.4 is 5.69 Å². The van der Waals surface area contributed by atoms with Gasteiger partial charge in [0, 0.05) is 29.6 Å². The van der Waals surface area contributed by atoms with E-state index in [0.29, 0.717) is 16.6 Å². The summed E-state index contributed by atoms with van der Waals surface area (Å²) in [5.41, 5.74) is 1.32. The molecule has 0 N–H and O–H groups in total. The Morgan fingerprint density at radius 2 is 1.96 bits per heavy atom. The molecule has 0 bridgehead atoms. The van der Waals surface area contributed by atoms with Gasteiger partial charge in [0.1, 0.15) is 0 Å². The normalized spacial score (nSPS) is 10.6. The second-order valence-electron chi connectivity index (χ2n) is 4.97. The molecular formula is C17H13N3O3. The highest BCUT2D eigenvalue weighted by Crippen LogP contribution is 2.28. The van der Waals surface area contributed by atoms with Gasteiger partial charge in [0.15, 0.2) is 0 Å². The first kappa shape index (κ1) is 14.6. The maximum atomic E-state index is 12.3. The molecule has 0 amide bonds. The summed E-state index contributed by atoms with van der Waals surface area (Å²) in [5, 5.41) is 11.6. The molecule has 0 saturated heterocycles. The quantitative estimate of drug-likeness (QED) is 0.421. The lowest BCUT2D eigenvalue weighted by atomic mass is 10.1. The molecule has 6 nitrogen and oxygen atoms in total. The van der Waals surface area contributed by atoms with Crippen LogP contribution in [0.2, 0.25) is 0 Å². The molecular weight excluding hydrogens is 294 g/mol. The highest BCUT2D eigenvalue weighted by molar-refractivity contribution is 5.93. The average Bonchev–Trinajstić information content (AvgIpc) is 2.57. The van der Waals surface area contributed by atoms with Gasteiger partial charge >= 0.3 is 5.69 Å². The van der Waals surface area contributed by atoms with E-state index in [1.54, 1.807) is 12.1 Å². The Labute approximate surface area is 131 Å². The summed E-state index contributed by atoms with van der Waals surface area (Å²) >= 11 is 0. The van der Waals surface area contributed by atoms with Crippen molar-refractivity contribution in [3.05, 3.63) is 81.8 Å². The first-order chi connectivity index (χ1) is 11.1. The van der Waals surface area contributed by atoms with Gasteiger partial charge in [0.25, 0.3) is 5.69 Å². The van der Waals surface area contributed by atoms with Crippen LogP contribution in [0.3, 0.4) is 0 Å². The summed E-state index contributed by atoms with van der Waals surface area (Å²) < 4.78 is 1.44. The third-order valence-electron chi connectivity index (χ3n) is 3.53. The van der Waals surface area contributed by atoms with Gasteiger partial charge in [-0.2, -0.15) is 4.98 Å². The zero-order chi connectivity index (χ0) is 16.4. The van der Waals surface area contributed by atoms with Gasteiger partial charge in [-0.05, 0) is 6.07 Å². The molecule has 0 spiro atoms. The summed E-state index contributed by atoms with van der Waals surface area (Å²) in [7, 11) is 0. The fourth-order valence-electron chi connectivity index (χ4n) is 2.50. The van der Waals surface area contributed by atoms with Crippen molar-refractivity contribution >= 4 is 16.6 Å². The van der Waals surface area contributed by atoms with Crippen LogP contribution in [-0.4, -0.2) is 14.5 Å². The summed E-state index contributed by atoms with van der Waals surface area (Å²) in [6.07, 6.45) is 1.59. The average molecular weight is 307 g/mol. The van der Waals surface area contributed by atoms with Crippen LogP contribution in [0.4, 0.5) is 5.69 Å². The third-order valence-corrected chi connectivity index (χ3v) is 3.53. The molecule has 1 heterocycles. The van der Waals surface area contributed by atoms with Crippen LogP contribution in [0.5, 0.6) is 0 Å². The Morgan fingerprint density at radius 3 is 2.61 bits per heavy atom. The predicted molar refractivity (Wildman–Crippen MR) is 88.3 cm³/mol. The molecule has 0 aliphatic rings. The lowest BCUT2D eigenvalue weighted by Gasteiger charge is -2.11. The van der Waals surface area contributed by atoms with Crippen molar-refractivity contribution in [2.24, 2.45) is 0 Å². The summed E-state index contributed by atoms with van der Waals surface area (Å²) in [4.78, 5) is 27.0. The molecule has 0 aliphatic carbocycles. The second-order valence-corrected chi connectivity index (χ2v) is 4.97. The van der Waals surface area contributed by atoms with Crippen LogP contribution in [0.1, 0.15) is 0 Å². The van der Waals surface area contributed by atoms with Crippen LogP contribution in [0, 0.1) is 10.1 Å². The molecule has 2 aromatic carbocycles. The number of non-ortho nitro benzene ring substituents is 1. The third kappa shape index (κ3) is 2.62. The van der Waals surface area contributed by atoms with E-state index in [0.717, 1.165) is 5.56 Å². The molecule has 1 aromatic heterocycles. The Balaban J connectivity index is 2.41. The minimum Gasteiger partial charge on any atom is -0.288 e. The van der Waals surface area contributed by atoms with Gasteiger partial charge in [-0.25, -0.2) is 4.79 Å². The maximum Gasteiger partial charge on any atom is 0.348 e. The zero-order valence-corrected chi connectivity index (χ0v) is 12.2. The Kier molecular flexibility index (Phi) is 3.72. The number of allylic oxidation sites excluding steroid dienone is 1. The molecule has 3 rings (SSSR count). The smallest absolute Gasteiger partial charge is 0.288 e. The Hall–Kier alpha value is -3.28. The van der Waals surface area contributed by atoms with E-state index in [-0.39, 0.29) is 12.2 Å². The van der Waals surface area contributed by atoms with Gasteiger partial charge in [-0.15, -0.1) is 6.58 Å². The fraction of sp³-hybridized carbons (Fsp3) is 0.0588. The molecule has 0 fully saturated rings. The minimum atomic E-state index is -0.461. The van der Waals surface area contributed by atoms with Crippen LogP contribution in [0.25, 0.3) is 22.2 Å². The fourth-order valence-corrected chi connectivity index (χ4v) is 2.50. The second kappa shape index (κ2) is 5.84. The van der Waals surface area contributed by atoms with E-state index in [2.05, 4.69) is 11.6 Å². The molecule has 3 aromatic rings. The molecule has 114 valence electrons. The maximum absolute atomic E-state index is 12.3. The van der Waals surface area contributed by atoms with Crippen molar-refractivity contribution < 1.29 is 4.92 Å². The highest BCUT2D eigenvalue weighted by Gasteiger charge is 2.15. The number of benzene rings is 2. The summed E-state index contributed by atoms with van der Waals surface area (Å²) in [6.45, 7) is 3.92. The van der Waals surface area contributed by atoms with E-state index in [9.17, 15) is 14.9 Å². The number of nitro groups is 1. The van der Waals surface area contributed by atoms with E-state index in [1.165, 1.54) is 16.7 Å². The van der Waals surface area contributed by atoms with Crippen molar-refractivity contribution in [2.75, 3.05) is 0 Å². The standard InChI is InChI=1S/C17H13N3O3/c1-2-10-19-15-9-8-13(20(22)23)11-14(15)16(18-17(19)21)12-6-4-3-5-7-12/h2-9,11H,1,10H2. The Morgan fingerprint density at radius 1 is 1.22 bits per heavy atom. The largest absolute Gasteiger partial charge is 0.348 e. The number of nitro benzene ring substituents is 1. The summed E-state index contributed by atoms with van der Waals surface area (Å²) in [5.74, 6) is 0. The van der Waals surface area contributed by atoms with Crippen LogP contribution >= 0.6 is 0 Å². The van der Waals surface area contributed by atoms with Gasteiger partial charge < -0.3 is 0 Å². The van der Waals surface area contributed by atoms with Crippen LogP contribution in [0.15, 0.2) is 66.0 Å². The number of rotatable bonds is 4. The Bertz CT molecular complexity index is 962. The number of fused-ring (bicyclic) bond motifs is 1. The van der Waals surface area contributed by atoms with E-state index >= 15 is 0 Å². The number of nitrogens with zero attached hydrogens (tertiary/aromatic N) is 3. The zero-order valence-electron chi connectivity index (χ0n) is 12.2. The van der Waals surface area contributed by atoms with E-state index in [1.807, 2.05) is 30.3 Å². The monoisotopic (exact) mass is 307 g/mol. The van der Waals surface area contributed by atoms with E-state index in [4.69, 9.17) is 0 Å². The molecule has 0 radical (unpaired) electrons. The van der Waals surface area contributed by atoms with Crippen molar-refractivity contribution in [3.63, 3.8) is 0 Å². The van der Waals surface area contributed by atoms with Gasteiger partial charge in [0.05, 0.1) is 16.1 Å². The molecule has 0 unspecified atom stereocenters. The van der Waals surface area contributed by atoms with Crippen LogP contribution in [-0.2, 0) is 6.54 Å². The number of hydrogen-bond donors (Lipinski definition) is 0. The van der Waals surface area contributed by atoms with Crippen molar-refractivity contribution in [2.45, 2.75) is 6.54 Å². The van der Waals surface area contributed by atoms with E-state index < -0.39 is 10.6 Å². The predicted octanol–water partition coefficient (Wildman–Crippen LogP) is 3.16. The lowest BCUT2D eigenvalue weighted by molar-refractivity contribution is -0.384. The molecule has 0 atom stereocenters. The highest BCUT2D eigenvalue weighted by atomic mass is 16.6. The topological polar surface area (TPSA) is 78.0 Å². The van der Waals surface area contributed by atoms with Crippen molar-refractivity contribution in [1.82, 2.24) is 9.55 Å². The number of aromatic nitrogens is 2. The summed E-state index contributed by atoms with van der Waals surface area (Å²) in [6, 6.07) is 13.6. The lowest BCUT2D eigenvalue weighted by Crippen LogP contribution is -2.23. The molecule has 6 heteroatoms. The molecule has 23 heavy (non-hydrogen) atoms. The van der Waals surface area contributed by atoms with Crippen molar-refractivity contribution in [3.8, 4) is 11.3 Å². The van der Waals surface area contributed by atoms with Gasteiger partial charge in [0.2, 0.25) is 0 Å². The molecule has 0 aliphatic heterocycles. The van der Waals surface area contributed by atoms with Crippen molar-refractivity contribution in [1.29, 1.82) is 0 Å². The minimum absolute atomic E-state index is 0.0414. The van der Waals surface area contributed by atoms with Gasteiger partial charge in [-0.3, -0.25) is 14.7 Å². The first-order valence-electron chi connectivity index (χ1n) is 6.97. The molecule has 0 saturated carbocycles. The van der Waals surface area contributed by atoms with Gasteiger partial charge in [-0.1, -0.05) is 36.4 Å². The first-order valence-corrected chi connectivity index (χ1v) is 6.97. The number of hydrogen-bond acceptors (Lipinski definition) is 4.